The molecular weight excluding hydrogens is 234 g/mol. The lowest BCUT2D eigenvalue weighted by molar-refractivity contribution is -0.137. The molecule has 0 aromatic rings. The molecule has 2 heterocycles. The molecular formula is C12H19N3O3. The summed E-state index contributed by atoms with van der Waals surface area (Å²) in [5, 5.41) is 2.66. The standard InChI is InChI=1S/C12H19N3O3/c1-14-10(16)8-9(11(14)17)13-12(18)15-6-4-2-3-5-7-15/h9H,2-8H2,1H3,(H,13,18). The number of hydrogen-bond donors (Lipinski definition) is 1. The van der Waals surface area contributed by atoms with Crippen LogP contribution in [0.3, 0.4) is 0 Å². The van der Waals surface area contributed by atoms with E-state index in [9.17, 15) is 14.4 Å². The van der Waals surface area contributed by atoms with E-state index < -0.39 is 6.04 Å². The Morgan fingerprint density at radius 1 is 1.17 bits per heavy atom. The van der Waals surface area contributed by atoms with Gasteiger partial charge in [0.05, 0.1) is 6.42 Å². The summed E-state index contributed by atoms with van der Waals surface area (Å²) < 4.78 is 0. The second kappa shape index (κ2) is 5.37. The fraction of sp³-hybridized carbons (Fsp3) is 0.750. The number of nitrogens with one attached hydrogen (secondary N) is 1. The zero-order valence-electron chi connectivity index (χ0n) is 10.6. The van der Waals surface area contributed by atoms with Crippen LogP contribution in [0.4, 0.5) is 4.79 Å². The predicted molar refractivity (Wildman–Crippen MR) is 64.8 cm³/mol. The maximum atomic E-state index is 12.0. The van der Waals surface area contributed by atoms with Crippen molar-refractivity contribution in [2.75, 3.05) is 20.1 Å². The van der Waals surface area contributed by atoms with Crippen molar-refractivity contribution in [1.82, 2.24) is 15.1 Å². The maximum Gasteiger partial charge on any atom is 0.318 e. The molecule has 0 bridgehead atoms. The molecule has 1 atom stereocenters. The topological polar surface area (TPSA) is 69.7 Å². The summed E-state index contributed by atoms with van der Waals surface area (Å²) >= 11 is 0. The molecule has 2 aliphatic heterocycles. The van der Waals surface area contributed by atoms with Gasteiger partial charge in [-0.25, -0.2) is 4.79 Å². The van der Waals surface area contributed by atoms with Crippen LogP contribution in [0.2, 0.25) is 0 Å². The number of imide groups is 1. The first-order chi connectivity index (χ1) is 8.59. The van der Waals surface area contributed by atoms with E-state index in [1.165, 1.54) is 7.05 Å². The van der Waals surface area contributed by atoms with Crippen molar-refractivity contribution in [3.05, 3.63) is 0 Å². The molecule has 0 saturated carbocycles. The van der Waals surface area contributed by atoms with Crippen LogP contribution in [0, 0.1) is 0 Å². The number of amides is 4. The Labute approximate surface area is 106 Å². The Morgan fingerprint density at radius 2 is 1.78 bits per heavy atom. The van der Waals surface area contributed by atoms with Gasteiger partial charge >= 0.3 is 6.03 Å². The minimum atomic E-state index is -0.682. The van der Waals surface area contributed by atoms with Crippen molar-refractivity contribution < 1.29 is 14.4 Å². The van der Waals surface area contributed by atoms with Crippen molar-refractivity contribution in [3.8, 4) is 0 Å². The van der Waals surface area contributed by atoms with Gasteiger partial charge in [-0.1, -0.05) is 12.8 Å². The van der Waals surface area contributed by atoms with Gasteiger partial charge in [-0.2, -0.15) is 0 Å². The highest BCUT2D eigenvalue weighted by atomic mass is 16.2. The summed E-state index contributed by atoms with van der Waals surface area (Å²) in [4.78, 5) is 37.8. The number of hydrogen-bond acceptors (Lipinski definition) is 3. The number of rotatable bonds is 1. The second-order valence-corrected chi connectivity index (χ2v) is 4.90. The summed E-state index contributed by atoms with van der Waals surface area (Å²) in [7, 11) is 1.45. The van der Waals surface area contributed by atoms with E-state index in [4.69, 9.17) is 0 Å². The molecule has 18 heavy (non-hydrogen) atoms. The average Bonchev–Trinajstić information content (AvgIpc) is 2.59. The summed E-state index contributed by atoms with van der Waals surface area (Å²) in [6.45, 7) is 1.47. The molecule has 100 valence electrons. The number of urea groups is 1. The lowest BCUT2D eigenvalue weighted by atomic mass is 10.2. The highest BCUT2D eigenvalue weighted by Gasteiger charge is 2.37. The third-order valence-electron chi connectivity index (χ3n) is 3.57. The van der Waals surface area contributed by atoms with Crippen LogP contribution in [0.5, 0.6) is 0 Å². The molecule has 2 rings (SSSR count). The van der Waals surface area contributed by atoms with E-state index in [1.54, 1.807) is 4.90 Å². The largest absolute Gasteiger partial charge is 0.326 e. The Morgan fingerprint density at radius 3 is 2.28 bits per heavy atom. The molecule has 6 nitrogen and oxygen atoms in total. The Balaban J connectivity index is 1.91. The first-order valence-electron chi connectivity index (χ1n) is 6.45. The summed E-state index contributed by atoms with van der Waals surface area (Å²) in [5.74, 6) is -0.552. The number of nitrogens with zero attached hydrogens (tertiary/aromatic N) is 2. The minimum Gasteiger partial charge on any atom is -0.326 e. The van der Waals surface area contributed by atoms with Crippen molar-refractivity contribution in [1.29, 1.82) is 0 Å². The first-order valence-corrected chi connectivity index (χ1v) is 6.45. The summed E-state index contributed by atoms with van der Waals surface area (Å²) in [5.41, 5.74) is 0. The van der Waals surface area contributed by atoms with E-state index in [-0.39, 0.29) is 24.3 Å². The quantitative estimate of drug-likeness (QED) is 0.685. The zero-order valence-corrected chi connectivity index (χ0v) is 10.6. The Kier molecular flexibility index (Phi) is 3.84. The fourth-order valence-electron chi connectivity index (χ4n) is 2.38. The van der Waals surface area contributed by atoms with Gasteiger partial charge in [0.1, 0.15) is 6.04 Å². The molecule has 1 unspecified atom stereocenters. The molecule has 2 fully saturated rings. The van der Waals surface area contributed by atoms with E-state index in [0.717, 1.165) is 43.7 Å². The Bertz CT molecular complexity index is 362. The summed E-state index contributed by atoms with van der Waals surface area (Å²) in [6, 6.07) is -0.906. The number of carbonyl (C=O) groups is 3. The fourth-order valence-corrected chi connectivity index (χ4v) is 2.38. The number of carbonyl (C=O) groups excluding carboxylic acids is 3. The predicted octanol–water partition coefficient (Wildman–Crippen LogP) is 0.329. The Hall–Kier alpha value is -1.59. The van der Waals surface area contributed by atoms with Gasteiger partial charge in [0.25, 0.3) is 5.91 Å². The highest BCUT2D eigenvalue weighted by Crippen LogP contribution is 2.13. The molecule has 0 aliphatic carbocycles. The molecule has 0 aromatic carbocycles. The van der Waals surface area contributed by atoms with Gasteiger partial charge in [0, 0.05) is 20.1 Å². The van der Waals surface area contributed by atoms with E-state index >= 15 is 0 Å². The second-order valence-electron chi connectivity index (χ2n) is 4.90. The molecule has 0 radical (unpaired) electrons. The van der Waals surface area contributed by atoms with Gasteiger partial charge in [-0.15, -0.1) is 0 Å². The third-order valence-corrected chi connectivity index (χ3v) is 3.57. The van der Waals surface area contributed by atoms with Gasteiger partial charge in [-0.3, -0.25) is 14.5 Å². The van der Waals surface area contributed by atoms with Crippen molar-refractivity contribution in [3.63, 3.8) is 0 Å². The van der Waals surface area contributed by atoms with Crippen LogP contribution < -0.4 is 5.32 Å². The van der Waals surface area contributed by atoms with E-state index in [2.05, 4.69) is 5.32 Å². The zero-order chi connectivity index (χ0) is 13.1. The van der Waals surface area contributed by atoms with Crippen LogP contribution in [-0.2, 0) is 9.59 Å². The van der Waals surface area contributed by atoms with Crippen molar-refractivity contribution in [2.24, 2.45) is 0 Å². The molecule has 1 N–H and O–H groups in total. The van der Waals surface area contributed by atoms with E-state index in [1.807, 2.05) is 0 Å². The van der Waals surface area contributed by atoms with Crippen LogP contribution in [0.1, 0.15) is 32.1 Å². The van der Waals surface area contributed by atoms with Gasteiger partial charge in [0.15, 0.2) is 0 Å². The normalized spacial score (nSPS) is 25.3. The molecule has 2 saturated heterocycles. The molecule has 0 aromatic heterocycles. The van der Waals surface area contributed by atoms with Crippen LogP contribution in [-0.4, -0.2) is 53.8 Å². The monoisotopic (exact) mass is 253 g/mol. The minimum absolute atomic E-state index is 0.0783. The molecule has 6 heteroatoms. The van der Waals surface area contributed by atoms with Crippen molar-refractivity contribution in [2.45, 2.75) is 38.1 Å². The summed E-state index contributed by atoms with van der Waals surface area (Å²) in [6.07, 6.45) is 4.38. The first kappa shape index (κ1) is 12.9. The lowest BCUT2D eigenvalue weighted by Gasteiger charge is -2.22. The van der Waals surface area contributed by atoms with Crippen LogP contribution in [0.15, 0.2) is 0 Å². The third kappa shape index (κ3) is 2.63. The van der Waals surface area contributed by atoms with Crippen LogP contribution in [0.25, 0.3) is 0 Å². The van der Waals surface area contributed by atoms with Crippen molar-refractivity contribution >= 4 is 17.8 Å². The van der Waals surface area contributed by atoms with Gasteiger partial charge in [0.2, 0.25) is 5.91 Å². The smallest absolute Gasteiger partial charge is 0.318 e. The lowest BCUT2D eigenvalue weighted by Crippen LogP contribution is -2.47. The molecule has 4 amide bonds. The molecule has 2 aliphatic rings. The SMILES string of the molecule is CN1C(=O)CC(NC(=O)N2CCCCCC2)C1=O. The van der Waals surface area contributed by atoms with Gasteiger partial charge < -0.3 is 10.2 Å². The van der Waals surface area contributed by atoms with Crippen LogP contribution >= 0.6 is 0 Å². The highest BCUT2D eigenvalue weighted by molar-refractivity contribution is 6.06. The number of likely N-dealkylation sites (N-methyl/N-ethyl adjacent to an activating group) is 1. The molecule has 0 spiro atoms. The average molecular weight is 253 g/mol. The maximum absolute atomic E-state index is 12.0. The van der Waals surface area contributed by atoms with Gasteiger partial charge in [-0.05, 0) is 12.8 Å². The van der Waals surface area contributed by atoms with E-state index in [0.29, 0.717) is 0 Å². The number of likely N-dealkylation sites (tertiary alicyclic amines) is 2.